The van der Waals surface area contributed by atoms with Crippen LogP contribution in [0.1, 0.15) is 35.1 Å². The third kappa shape index (κ3) is 2.29. The Kier molecular flexibility index (Phi) is 3.41. The average Bonchev–Trinajstić information content (AvgIpc) is 2.51. The Labute approximate surface area is 128 Å². The SMILES string of the molecule is COc1ccnc(C2(C)CCc3nc(Cl)ccc3C2=O)c1. The number of Topliss-reactive ketones (excluding diaryl/α,β-unsaturated/α-hetero) is 1. The first-order chi connectivity index (χ1) is 10.0. The molecule has 0 saturated carbocycles. The number of rotatable bonds is 2. The molecule has 2 heterocycles. The Balaban J connectivity index is 2.06. The molecule has 0 fully saturated rings. The normalized spacial score (nSPS) is 21.0. The van der Waals surface area contributed by atoms with Gasteiger partial charge in [-0.15, -0.1) is 0 Å². The van der Waals surface area contributed by atoms with Gasteiger partial charge in [0.15, 0.2) is 5.78 Å². The van der Waals surface area contributed by atoms with E-state index in [2.05, 4.69) is 9.97 Å². The number of carbonyl (C=O) groups excluding carboxylic acids is 1. The highest BCUT2D eigenvalue weighted by molar-refractivity contribution is 6.29. The van der Waals surface area contributed by atoms with Crippen molar-refractivity contribution < 1.29 is 9.53 Å². The summed E-state index contributed by atoms with van der Waals surface area (Å²) in [6.07, 6.45) is 3.03. The van der Waals surface area contributed by atoms with E-state index in [0.29, 0.717) is 29.3 Å². The number of aromatic nitrogens is 2. The predicted octanol–water partition coefficient (Wildman–Crippen LogP) is 3.23. The molecule has 2 aromatic rings. The van der Waals surface area contributed by atoms with Gasteiger partial charge in [0, 0.05) is 17.8 Å². The van der Waals surface area contributed by atoms with Crippen LogP contribution in [0.15, 0.2) is 30.5 Å². The Bertz CT molecular complexity index is 717. The van der Waals surface area contributed by atoms with Crippen molar-refractivity contribution in [3.63, 3.8) is 0 Å². The summed E-state index contributed by atoms with van der Waals surface area (Å²) in [5, 5.41) is 0.421. The summed E-state index contributed by atoms with van der Waals surface area (Å²) >= 11 is 5.90. The van der Waals surface area contributed by atoms with Gasteiger partial charge in [-0.3, -0.25) is 9.78 Å². The quantitative estimate of drug-likeness (QED) is 0.799. The van der Waals surface area contributed by atoms with E-state index in [1.165, 1.54) is 0 Å². The van der Waals surface area contributed by atoms with Crippen LogP contribution >= 0.6 is 11.6 Å². The van der Waals surface area contributed by atoms with Gasteiger partial charge in [-0.25, -0.2) is 4.98 Å². The standard InChI is InChI=1S/C16H15ClN2O2/c1-16(13-9-10(21-2)6-8-18-13)7-5-12-11(15(16)20)3-4-14(17)19-12/h3-4,6,8-9H,5,7H2,1-2H3. The monoisotopic (exact) mass is 302 g/mol. The molecule has 4 nitrogen and oxygen atoms in total. The van der Waals surface area contributed by atoms with E-state index in [1.807, 2.05) is 13.0 Å². The molecule has 108 valence electrons. The average molecular weight is 303 g/mol. The van der Waals surface area contributed by atoms with Crippen LogP contribution in [-0.2, 0) is 11.8 Å². The van der Waals surface area contributed by atoms with Gasteiger partial charge in [0.1, 0.15) is 10.9 Å². The predicted molar refractivity (Wildman–Crippen MR) is 80.0 cm³/mol. The van der Waals surface area contributed by atoms with Gasteiger partial charge in [0.25, 0.3) is 0 Å². The maximum Gasteiger partial charge on any atom is 0.176 e. The molecule has 0 aliphatic heterocycles. The summed E-state index contributed by atoms with van der Waals surface area (Å²) in [5.74, 6) is 0.739. The van der Waals surface area contributed by atoms with E-state index in [1.54, 1.807) is 31.5 Å². The van der Waals surface area contributed by atoms with Crippen LogP contribution in [0.4, 0.5) is 0 Å². The molecule has 1 aliphatic rings. The minimum absolute atomic E-state index is 0.0358. The van der Waals surface area contributed by atoms with Crippen molar-refractivity contribution in [2.45, 2.75) is 25.2 Å². The van der Waals surface area contributed by atoms with Gasteiger partial charge in [-0.2, -0.15) is 0 Å². The summed E-state index contributed by atoms with van der Waals surface area (Å²) in [7, 11) is 1.60. The number of halogens is 1. The zero-order valence-electron chi connectivity index (χ0n) is 11.9. The van der Waals surface area contributed by atoms with Crippen LogP contribution in [0.3, 0.4) is 0 Å². The number of ketones is 1. The number of hydrogen-bond donors (Lipinski definition) is 0. The first kappa shape index (κ1) is 14.0. The van der Waals surface area contributed by atoms with Crippen molar-refractivity contribution in [1.82, 2.24) is 9.97 Å². The highest BCUT2D eigenvalue weighted by Crippen LogP contribution is 2.38. The number of methoxy groups -OCH3 is 1. The summed E-state index contributed by atoms with van der Waals surface area (Å²) in [4.78, 5) is 21.5. The van der Waals surface area contributed by atoms with Crippen molar-refractivity contribution in [3.05, 3.63) is 52.6 Å². The van der Waals surface area contributed by atoms with E-state index in [-0.39, 0.29) is 5.78 Å². The first-order valence-electron chi connectivity index (χ1n) is 6.75. The number of carbonyl (C=O) groups is 1. The highest BCUT2D eigenvalue weighted by Gasteiger charge is 2.41. The molecule has 1 unspecified atom stereocenters. The van der Waals surface area contributed by atoms with Gasteiger partial charge in [-0.05, 0) is 38.0 Å². The minimum Gasteiger partial charge on any atom is -0.497 e. The number of pyridine rings is 2. The van der Waals surface area contributed by atoms with Crippen molar-refractivity contribution in [2.24, 2.45) is 0 Å². The summed E-state index contributed by atoms with van der Waals surface area (Å²) in [5.41, 5.74) is 1.48. The van der Waals surface area contributed by atoms with Gasteiger partial charge in [0.2, 0.25) is 0 Å². The molecule has 0 spiro atoms. The van der Waals surface area contributed by atoms with Gasteiger partial charge in [-0.1, -0.05) is 11.6 Å². The van der Waals surface area contributed by atoms with Crippen LogP contribution in [0.2, 0.25) is 5.15 Å². The molecule has 0 bridgehead atoms. The molecule has 0 radical (unpaired) electrons. The lowest BCUT2D eigenvalue weighted by Gasteiger charge is -2.32. The number of aryl methyl sites for hydroxylation is 1. The lowest BCUT2D eigenvalue weighted by atomic mass is 9.71. The number of hydrogen-bond acceptors (Lipinski definition) is 4. The number of ether oxygens (including phenoxy) is 1. The van der Waals surface area contributed by atoms with Gasteiger partial charge in [0.05, 0.1) is 23.9 Å². The van der Waals surface area contributed by atoms with Crippen molar-refractivity contribution in [1.29, 1.82) is 0 Å². The molecule has 2 aromatic heterocycles. The van der Waals surface area contributed by atoms with Gasteiger partial charge < -0.3 is 4.74 Å². The Morgan fingerprint density at radius 1 is 1.33 bits per heavy atom. The molecule has 0 aromatic carbocycles. The van der Waals surface area contributed by atoms with E-state index >= 15 is 0 Å². The number of fused-ring (bicyclic) bond motifs is 1. The van der Waals surface area contributed by atoms with Crippen molar-refractivity contribution >= 4 is 17.4 Å². The van der Waals surface area contributed by atoms with Crippen LogP contribution < -0.4 is 4.74 Å². The molecule has 5 heteroatoms. The molecule has 3 rings (SSSR count). The van der Waals surface area contributed by atoms with Crippen LogP contribution in [0.25, 0.3) is 0 Å². The fraction of sp³-hybridized carbons (Fsp3) is 0.312. The third-order valence-electron chi connectivity index (χ3n) is 4.08. The summed E-state index contributed by atoms with van der Waals surface area (Å²) in [6.45, 7) is 1.93. The second-order valence-electron chi connectivity index (χ2n) is 5.37. The van der Waals surface area contributed by atoms with E-state index in [4.69, 9.17) is 16.3 Å². The summed E-state index contributed by atoms with van der Waals surface area (Å²) in [6, 6.07) is 7.01. The maximum atomic E-state index is 12.9. The van der Waals surface area contributed by atoms with E-state index < -0.39 is 5.41 Å². The second kappa shape index (κ2) is 5.11. The van der Waals surface area contributed by atoms with Crippen LogP contribution in [0, 0.1) is 0 Å². The molecular weight excluding hydrogens is 288 g/mol. The first-order valence-corrected chi connectivity index (χ1v) is 7.13. The lowest BCUT2D eigenvalue weighted by Crippen LogP contribution is -2.38. The Hall–Kier alpha value is -1.94. The smallest absolute Gasteiger partial charge is 0.176 e. The molecule has 1 atom stereocenters. The van der Waals surface area contributed by atoms with E-state index in [0.717, 1.165) is 11.4 Å². The topological polar surface area (TPSA) is 52.1 Å². The van der Waals surface area contributed by atoms with Crippen LogP contribution in [0.5, 0.6) is 5.75 Å². The Morgan fingerprint density at radius 3 is 2.90 bits per heavy atom. The summed E-state index contributed by atoms with van der Waals surface area (Å²) < 4.78 is 5.23. The maximum absolute atomic E-state index is 12.9. The highest BCUT2D eigenvalue weighted by atomic mass is 35.5. The van der Waals surface area contributed by atoms with Crippen LogP contribution in [-0.4, -0.2) is 22.9 Å². The lowest BCUT2D eigenvalue weighted by molar-refractivity contribution is 0.0870. The molecule has 0 saturated heterocycles. The van der Waals surface area contributed by atoms with Crippen molar-refractivity contribution in [2.75, 3.05) is 7.11 Å². The molecule has 1 aliphatic carbocycles. The second-order valence-corrected chi connectivity index (χ2v) is 5.76. The molecule has 0 N–H and O–H groups in total. The fourth-order valence-corrected chi connectivity index (χ4v) is 2.90. The molecular formula is C16H15ClN2O2. The van der Waals surface area contributed by atoms with Crippen molar-refractivity contribution in [3.8, 4) is 5.75 Å². The third-order valence-corrected chi connectivity index (χ3v) is 4.29. The zero-order valence-corrected chi connectivity index (χ0v) is 12.6. The fourth-order valence-electron chi connectivity index (χ4n) is 2.74. The van der Waals surface area contributed by atoms with Gasteiger partial charge >= 0.3 is 0 Å². The minimum atomic E-state index is -0.656. The zero-order chi connectivity index (χ0) is 15.0. The molecule has 21 heavy (non-hydrogen) atoms. The Morgan fingerprint density at radius 2 is 2.14 bits per heavy atom. The van der Waals surface area contributed by atoms with E-state index in [9.17, 15) is 4.79 Å². The molecule has 0 amide bonds. The number of nitrogens with zero attached hydrogens (tertiary/aromatic N) is 2. The largest absolute Gasteiger partial charge is 0.497 e.